The first-order valence-corrected chi connectivity index (χ1v) is 7.36. The zero-order valence-electron chi connectivity index (χ0n) is 10.1. The molecule has 1 fully saturated rings. The summed E-state index contributed by atoms with van der Waals surface area (Å²) in [5.74, 6) is 0.0356. The SMILES string of the molecule is CC1COC(CBr)CN1C(=O)c1ccc(Cl)cc1. The number of nitrogens with zero attached hydrogens (tertiary/aromatic N) is 1. The van der Waals surface area contributed by atoms with Crippen LogP contribution < -0.4 is 0 Å². The van der Waals surface area contributed by atoms with Gasteiger partial charge >= 0.3 is 0 Å². The Morgan fingerprint density at radius 1 is 1.50 bits per heavy atom. The van der Waals surface area contributed by atoms with Crippen molar-refractivity contribution in [1.29, 1.82) is 0 Å². The molecule has 0 bridgehead atoms. The van der Waals surface area contributed by atoms with E-state index in [0.717, 1.165) is 5.33 Å². The van der Waals surface area contributed by atoms with E-state index in [1.807, 2.05) is 11.8 Å². The molecule has 0 N–H and O–H groups in total. The molecule has 0 saturated carbocycles. The number of morpholine rings is 1. The van der Waals surface area contributed by atoms with E-state index in [0.29, 0.717) is 23.7 Å². The van der Waals surface area contributed by atoms with Gasteiger partial charge in [0.15, 0.2) is 0 Å². The predicted octanol–water partition coefficient (Wildman–Crippen LogP) is 2.96. The minimum absolute atomic E-state index is 0.0356. The van der Waals surface area contributed by atoms with Gasteiger partial charge in [-0.2, -0.15) is 0 Å². The van der Waals surface area contributed by atoms with Crippen molar-refractivity contribution in [1.82, 2.24) is 4.90 Å². The average Bonchev–Trinajstić information content (AvgIpc) is 2.39. The molecule has 2 rings (SSSR count). The maximum atomic E-state index is 12.4. The van der Waals surface area contributed by atoms with Gasteiger partial charge in [-0.05, 0) is 31.2 Å². The first-order valence-electron chi connectivity index (χ1n) is 5.86. The Hall–Kier alpha value is -0.580. The molecule has 18 heavy (non-hydrogen) atoms. The molecule has 5 heteroatoms. The Bertz CT molecular complexity index is 424. The summed E-state index contributed by atoms with van der Waals surface area (Å²) >= 11 is 9.22. The van der Waals surface area contributed by atoms with Gasteiger partial charge in [0.25, 0.3) is 5.91 Å². The maximum absolute atomic E-state index is 12.4. The normalized spacial score (nSPS) is 24.1. The van der Waals surface area contributed by atoms with Gasteiger partial charge in [0.2, 0.25) is 0 Å². The molecule has 1 aliphatic heterocycles. The molecule has 1 saturated heterocycles. The quantitative estimate of drug-likeness (QED) is 0.779. The third-order valence-corrected chi connectivity index (χ3v) is 4.00. The summed E-state index contributed by atoms with van der Waals surface area (Å²) in [6, 6.07) is 7.10. The van der Waals surface area contributed by atoms with E-state index >= 15 is 0 Å². The molecule has 0 aromatic heterocycles. The van der Waals surface area contributed by atoms with Crippen molar-refractivity contribution in [3.63, 3.8) is 0 Å². The van der Waals surface area contributed by atoms with E-state index in [1.165, 1.54) is 0 Å². The van der Waals surface area contributed by atoms with Crippen molar-refractivity contribution in [2.75, 3.05) is 18.5 Å². The summed E-state index contributed by atoms with van der Waals surface area (Å²) in [7, 11) is 0. The van der Waals surface area contributed by atoms with Gasteiger partial charge in [0, 0.05) is 22.5 Å². The fraction of sp³-hybridized carbons (Fsp3) is 0.462. The summed E-state index contributed by atoms with van der Waals surface area (Å²) in [5, 5.41) is 1.38. The van der Waals surface area contributed by atoms with Crippen LogP contribution in [-0.2, 0) is 4.74 Å². The van der Waals surface area contributed by atoms with Crippen molar-refractivity contribution in [3.05, 3.63) is 34.9 Å². The molecule has 1 aromatic rings. The standard InChI is InChI=1S/C13H15BrClNO2/c1-9-8-18-12(6-14)7-16(9)13(17)10-2-4-11(15)5-3-10/h2-5,9,12H,6-8H2,1H3. The van der Waals surface area contributed by atoms with Crippen molar-refractivity contribution < 1.29 is 9.53 Å². The zero-order chi connectivity index (χ0) is 13.1. The number of carbonyl (C=O) groups excluding carboxylic acids is 1. The Morgan fingerprint density at radius 3 is 2.78 bits per heavy atom. The number of benzene rings is 1. The van der Waals surface area contributed by atoms with Crippen LogP contribution in [0.1, 0.15) is 17.3 Å². The van der Waals surface area contributed by atoms with Crippen molar-refractivity contribution in [3.8, 4) is 0 Å². The summed E-state index contributed by atoms with van der Waals surface area (Å²) < 4.78 is 5.61. The molecule has 1 aliphatic rings. The van der Waals surface area contributed by atoms with Crippen molar-refractivity contribution in [2.24, 2.45) is 0 Å². The molecule has 0 radical (unpaired) electrons. The predicted molar refractivity (Wildman–Crippen MR) is 75.5 cm³/mol. The van der Waals surface area contributed by atoms with E-state index in [1.54, 1.807) is 24.3 Å². The smallest absolute Gasteiger partial charge is 0.254 e. The molecule has 3 nitrogen and oxygen atoms in total. The molecule has 1 amide bonds. The fourth-order valence-electron chi connectivity index (χ4n) is 1.95. The second kappa shape index (κ2) is 6.04. The Morgan fingerprint density at radius 2 is 2.17 bits per heavy atom. The fourth-order valence-corrected chi connectivity index (χ4v) is 2.47. The Kier molecular flexibility index (Phi) is 4.65. The van der Waals surface area contributed by atoms with E-state index in [4.69, 9.17) is 16.3 Å². The Balaban J connectivity index is 2.13. The van der Waals surface area contributed by atoms with Gasteiger partial charge in [-0.15, -0.1) is 0 Å². The molecule has 2 unspecified atom stereocenters. The van der Waals surface area contributed by atoms with Crippen LogP contribution in [0.3, 0.4) is 0 Å². The lowest BCUT2D eigenvalue weighted by molar-refractivity contribution is -0.0361. The number of halogens is 2. The number of rotatable bonds is 2. The molecule has 98 valence electrons. The Labute approximate surface area is 120 Å². The van der Waals surface area contributed by atoms with E-state index in [2.05, 4.69) is 15.9 Å². The van der Waals surface area contributed by atoms with Crippen LogP contribution in [0.4, 0.5) is 0 Å². The van der Waals surface area contributed by atoms with Gasteiger partial charge < -0.3 is 9.64 Å². The third kappa shape index (κ3) is 3.05. The van der Waals surface area contributed by atoms with Gasteiger partial charge in [0.1, 0.15) is 0 Å². The molecular formula is C13H15BrClNO2. The average molecular weight is 333 g/mol. The van der Waals surface area contributed by atoms with Crippen LogP contribution in [0.15, 0.2) is 24.3 Å². The molecular weight excluding hydrogens is 318 g/mol. The minimum atomic E-state index is 0.0356. The van der Waals surface area contributed by atoms with Gasteiger partial charge in [-0.25, -0.2) is 0 Å². The molecule has 2 atom stereocenters. The summed E-state index contributed by atoms with van der Waals surface area (Å²) in [6.45, 7) is 3.20. The highest BCUT2D eigenvalue weighted by Crippen LogP contribution is 2.18. The highest BCUT2D eigenvalue weighted by Gasteiger charge is 2.29. The number of hydrogen-bond donors (Lipinski definition) is 0. The molecule has 0 aliphatic carbocycles. The number of amides is 1. The van der Waals surface area contributed by atoms with E-state index < -0.39 is 0 Å². The minimum Gasteiger partial charge on any atom is -0.373 e. The van der Waals surface area contributed by atoms with Crippen LogP contribution in [0.5, 0.6) is 0 Å². The topological polar surface area (TPSA) is 29.5 Å². The van der Waals surface area contributed by atoms with Gasteiger partial charge in [0.05, 0.1) is 18.8 Å². The van der Waals surface area contributed by atoms with E-state index in [9.17, 15) is 4.79 Å². The van der Waals surface area contributed by atoms with Crippen LogP contribution in [-0.4, -0.2) is 41.4 Å². The number of carbonyl (C=O) groups is 1. The van der Waals surface area contributed by atoms with Crippen molar-refractivity contribution >= 4 is 33.4 Å². The monoisotopic (exact) mass is 331 g/mol. The maximum Gasteiger partial charge on any atom is 0.254 e. The number of ether oxygens (including phenoxy) is 1. The summed E-state index contributed by atoms with van der Waals surface area (Å²) in [5.41, 5.74) is 0.668. The highest BCUT2D eigenvalue weighted by molar-refractivity contribution is 9.09. The zero-order valence-corrected chi connectivity index (χ0v) is 12.4. The molecule has 0 spiro atoms. The lowest BCUT2D eigenvalue weighted by atomic mass is 10.1. The summed E-state index contributed by atoms with van der Waals surface area (Å²) in [6.07, 6.45) is 0.0671. The first kappa shape index (κ1) is 13.8. The van der Waals surface area contributed by atoms with Crippen LogP contribution in [0, 0.1) is 0 Å². The first-order chi connectivity index (χ1) is 8.61. The lowest BCUT2D eigenvalue weighted by Gasteiger charge is -2.37. The third-order valence-electron chi connectivity index (χ3n) is 3.03. The van der Waals surface area contributed by atoms with Crippen LogP contribution in [0.25, 0.3) is 0 Å². The summed E-state index contributed by atoms with van der Waals surface area (Å²) in [4.78, 5) is 14.3. The second-order valence-electron chi connectivity index (χ2n) is 4.42. The van der Waals surface area contributed by atoms with Gasteiger partial charge in [-0.3, -0.25) is 4.79 Å². The van der Waals surface area contributed by atoms with Gasteiger partial charge in [-0.1, -0.05) is 27.5 Å². The van der Waals surface area contributed by atoms with Crippen molar-refractivity contribution in [2.45, 2.75) is 19.1 Å². The second-order valence-corrected chi connectivity index (χ2v) is 5.51. The number of hydrogen-bond acceptors (Lipinski definition) is 2. The lowest BCUT2D eigenvalue weighted by Crippen LogP contribution is -2.51. The largest absolute Gasteiger partial charge is 0.373 e. The van der Waals surface area contributed by atoms with E-state index in [-0.39, 0.29) is 18.1 Å². The molecule has 1 heterocycles. The molecule has 1 aromatic carbocycles. The van der Waals surface area contributed by atoms with Crippen LogP contribution >= 0.6 is 27.5 Å². The van der Waals surface area contributed by atoms with Crippen LogP contribution in [0.2, 0.25) is 5.02 Å². The highest BCUT2D eigenvalue weighted by atomic mass is 79.9. The number of alkyl halides is 1.